The fourth-order valence-corrected chi connectivity index (χ4v) is 5.26. The van der Waals surface area contributed by atoms with Crippen molar-refractivity contribution in [2.24, 2.45) is 0 Å². The minimum atomic E-state index is -3.76. The van der Waals surface area contributed by atoms with Gasteiger partial charge in [0.2, 0.25) is 10.0 Å². The van der Waals surface area contributed by atoms with E-state index in [1.54, 1.807) is 30.0 Å². The van der Waals surface area contributed by atoms with Crippen LogP contribution in [0.2, 0.25) is 5.02 Å². The molecule has 0 atom stereocenters. The highest BCUT2D eigenvalue weighted by Crippen LogP contribution is 2.28. The number of thioether (sulfide) groups is 1. The lowest BCUT2D eigenvalue weighted by Crippen LogP contribution is -2.40. The first-order valence-electron chi connectivity index (χ1n) is 8.68. The van der Waals surface area contributed by atoms with Crippen LogP contribution in [-0.4, -0.2) is 51.2 Å². The number of carbonyl (C=O) groups is 1. The molecule has 2 aromatic carbocycles. The van der Waals surface area contributed by atoms with E-state index < -0.39 is 10.0 Å². The monoisotopic (exact) mass is 440 g/mol. The highest BCUT2D eigenvalue weighted by atomic mass is 35.5. The van der Waals surface area contributed by atoms with Gasteiger partial charge in [-0.3, -0.25) is 4.79 Å². The average molecular weight is 441 g/mol. The molecule has 0 bridgehead atoms. The average Bonchev–Trinajstić information content (AvgIpc) is 2.71. The number of carbonyl (C=O) groups excluding carboxylic acids is 1. The lowest BCUT2D eigenvalue weighted by atomic mass is 10.1. The maximum absolute atomic E-state index is 12.9. The number of ether oxygens (including phenoxy) is 1. The number of nitrogens with one attached hydrogen (secondary N) is 1. The van der Waals surface area contributed by atoms with Gasteiger partial charge in [-0.25, -0.2) is 8.42 Å². The predicted octanol–water partition coefficient (Wildman–Crippen LogP) is 3.48. The number of hydrogen-bond acceptors (Lipinski definition) is 5. The summed E-state index contributed by atoms with van der Waals surface area (Å²) in [6.07, 6.45) is 2.02. The zero-order valence-electron chi connectivity index (χ0n) is 15.4. The molecule has 9 heteroatoms. The van der Waals surface area contributed by atoms with Crippen LogP contribution < -0.4 is 5.32 Å². The van der Waals surface area contributed by atoms with Crippen LogP contribution in [0.3, 0.4) is 0 Å². The van der Waals surface area contributed by atoms with Gasteiger partial charge in [-0.15, -0.1) is 0 Å². The number of morpholine rings is 1. The molecular weight excluding hydrogens is 420 g/mol. The summed E-state index contributed by atoms with van der Waals surface area (Å²) >= 11 is 7.86. The van der Waals surface area contributed by atoms with Crippen molar-refractivity contribution >= 4 is 45.0 Å². The van der Waals surface area contributed by atoms with Gasteiger partial charge in [-0.1, -0.05) is 23.7 Å². The quantitative estimate of drug-likeness (QED) is 0.744. The minimum absolute atomic E-state index is 0.0239. The normalized spacial score (nSPS) is 15.4. The Morgan fingerprint density at radius 1 is 1.18 bits per heavy atom. The number of hydrogen-bond donors (Lipinski definition) is 1. The fraction of sp³-hybridized carbons (Fsp3) is 0.316. The lowest BCUT2D eigenvalue weighted by Gasteiger charge is -2.26. The summed E-state index contributed by atoms with van der Waals surface area (Å²) in [5.74, 6) is 0.565. The van der Waals surface area contributed by atoms with Crippen molar-refractivity contribution in [2.45, 2.75) is 10.6 Å². The minimum Gasteiger partial charge on any atom is -0.379 e. The van der Waals surface area contributed by atoms with Crippen molar-refractivity contribution in [1.82, 2.24) is 4.31 Å². The van der Waals surface area contributed by atoms with E-state index in [-0.39, 0.29) is 28.9 Å². The van der Waals surface area contributed by atoms with Gasteiger partial charge in [-0.05, 0) is 42.2 Å². The van der Waals surface area contributed by atoms with Crippen molar-refractivity contribution in [3.63, 3.8) is 0 Å². The Balaban J connectivity index is 1.80. The van der Waals surface area contributed by atoms with Gasteiger partial charge in [-0.2, -0.15) is 16.1 Å². The zero-order valence-corrected chi connectivity index (χ0v) is 17.7. The molecule has 0 unspecified atom stereocenters. The third-order valence-corrected chi connectivity index (χ3v) is 7.31. The Morgan fingerprint density at radius 3 is 2.50 bits per heavy atom. The molecule has 0 saturated carbocycles. The SMILES string of the molecule is CSCc1ccc(C(=O)Nc2ccc(Cl)c(S(=O)(=O)N3CCOCC3)c2)cc1. The largest absolute Gasteiger partial charge is 0.379 e. The second kappa shape index (κ2) is 9.28. The Morgan fingerprint density at radius 2 is 1.86 bits per heavy atom. The molecule has 1 amide bonds. The summed E-state index contributed by atoms with van der Waals surface area (Å²) in [5, 5.41) is 2.86. The first-order chi connectivity index (χ1) is 13.4. The molecule has 6 nitrogen and oxygen atoms in total. The fourth-order valence-electron chi connectivity index (χ4n) is 2.83. The number of amides is 1. The van der Waals surface area contributed by atoms with E-state index in [2.05, 4.69) is 5.32 Å². The van der Waals surface area contributed by atoms with Gasteiger partial charge in [0.15, 0.2) is 0 Å². The van der Waals surface area contributed by atoms with E-state index in [0.29, 0.717) is 24.5 Å². The molecule has 28 heavy (non-hydrogen) atoms. The van der Waals surface area contributed by atoms with Gasteiger partial charge in [0, 0.05) is 30.1 Å². The Kier molecular flexibility index (Phi) is 7.00. The van der Waals surface area contributed by atoms with E-state index >= 15 is 0 Å². The van der Waals surface area contributed by atoms with Gasteiger partial charge in [0.25, 0.3) is 5.91 Å². The van der Waals surface area contributed by atoms with Crippen LogP contribution >= 0.6 is 23.4 Å². The molecular formula is C19H21ClN2O4S2. The number of sulfonamides is 1. The van der Waals surface area contributed by atoms with Crippen LogP contribution in [0.15, 0.2) is 47.4 Å². The van der Waals surface area contributed by atoms with Crippen molar-refractivity contribution in [3.05, 3.63) is 58.6 Å². The Bertz CT molecular complexity index is 943. The topological polar surface area (TPSA) is 75.7 Å². The Hall–Kier alpha value is -1.58. The van der Waals surface area contributed by atoms with E-state index in [1.807, 2.05) is 18.4 Å². The van der Waals surface area contributed by atoms with E-state index in [1.165, 1.54) is 16.4 Å². The number of nitrogens with zero attached hydrogens (tertiary/aromatic N) is 1. The maximum atomic E-state index is 12.9. The molecule has 1 aliphatic heterocycles. The van der Waals surface area contributed by atoms with Gasteiger partial charge >= 0.3 is 0 Å². The molecule has 0 aliphatic carbocycles. The summed E-state index contributed by atoms with van der Waals surface area (Å²) < 4.78 is 32.3. The van der Waals surface area contributed by atoms with E-state index in [9.17, 15) is 13.2 Å². The van der Waals surface area contributed by atoms with Crippen molar-refractivity contribution in [2.75, 3.05) is 37.9 Å². The number of halogens is 1. The molecule has 3 rings (SSSR count). The molecule has 1 aliphatic rings. The van der Waals surface area contributed by atoms with Crippen LogP contribution in [0.25, 0.3) is 0 Å². The molecule has 0 spiro atoms. The van der Waals surface area contributed by atoms with Crippen molar-refractivity contribution in [3.8, 4) is 0 Å². The number of benzene rings is 2. The second-order valence-electron chi connectivity index (χ2n) is 6.25. The van der Waals surface area contributed by atoms with Crippen LogP contribution in [-0.2, 0) is 20.5 Å². The highest BCUT2D eigenvalue weighted by molar-refractivity contribution is 7.97. The molecule has 2 aromatic rings. The van der Waals surface area contributed by atoms with E-state index in [0.717, 1.165) is 11.3 Å². The van der Waals surface area contributed by atoms with Crippen molar-refractivity contribution in [1.29, 1.82) is 0 Å². The summed E-state index contributed by atoms with van der Waals surface area (Å²) in [5.41, 5.74) is 2.00. The molecule has 1 fully saturated rings. The third kappa shape index (κ3) is 4.87. The highest BCUT2D eigenvalue weighted by Gasteiger charge is 2.28. The molecule has 0 radical (unpaired) electrons. The van der Waals surface area contributed by atoms with Gasteiger partial charge in [0.1, 0.15) is 4.90 Å². The molecule has 1 heterocycles. The van der Waals surface area contributed by atoms with Crippen LogP contribution in [0.4, 0.5) is 5.69 Å². The third-order valence-electron chi connectivity index (χ3n) is 4.30. The summed E-state index contributed by atoms with van der Waals surface area (Å²) in [6.45, 7) is 1.24. The number of anilines is 1. The van der Waals surface area contributed by atoms with Gasteiger partial charge in [0.05, 0.1) is 18.2 Å². The summed E-state index contributed by atoms with van der Waals surface area (Å²) in [7, 11) is -3.76. The van der Waals surface area contributed by atoms with Crippen LogP contribution in [0, 0.1) is 0 Å². The predicted molar refractivity (Wildman–Crippen MR) is 113 cm³/mol. The lowest BCUT2D eigenvalue weighted by molar-refractivity contribution is 0.0730. The maximum Gasteiger partial charge on any atom is 0.255 e. The zero-order chi connectivity index (χ0) is 20.1. The second-order valence-corrected chi connectivity index (χ2v) is 9.43. The first kappa shape index (κ1) is 21.1. The van der Waals surface area contributed by atoms with Crippen LogP contribution in [0.5, 0.6) is 0 Å². The van der Waals surface area contributed by atoms with Crippen LogP contribution in [0.1, 0.15) is 15.9 Å². The van der Waals surface area contributed by atoms with E-state index in [4.69, 9.17) is 16.3 Å². The number of rotatable bonds is 6. The van der Waals surface area contributed by atoms with Gasteiger partial charge < -0.3 is 10.1 Å². The first-order valence-corrected chi connectivity index (χ1v) is 11.9. The standard InChI is InChI=1S/C19H21ClN2O4S2/c1-27-13-14-2-4-15(5-3-14)19(23)21-16-6-7-17(20)18(12-16)28(24,25)22-8-10-26-11-9-22/h2-7,12H,8-11,13H2,1H3,(H,21,23). The summed E-state index contributed by atoms with van der Waals surface area (Å²) in [4.78, 5) is 12.5. The summed E-state index contributed by atoms with van der Waals surface area (Å²) in [6, 6.07) is 11.8. The molecule has 0 aromatic heterocycles. The van der Waals surface area contributed by atoms with Crippen molar-refractivity contribution < 1.29 is 17.9 Å². The smallest absolute Gasteiger partial charge is 0.255 e. The molecule has 150 valence electrons. The molecule has 1 N–H and O–H groups in total. The molecule has 1 saturated heterocycles. The Labute approximate surface area is 174 Å².